The van der Waals surface area contributed by atoms with Gasteiger partial charge in [-0.1, -0.05) is 13.3 Å². The van der Waals surface area contributed by atoms with E-state index in [1.165, 1.54) is 12.8 Å². The van der Waals surface area contributed by atoms with Crippen LogP contribution in [0.5, 0.6) is 11.5 Å². The van der Waals surface area contributed by atoms with Crippen LogP contribution in [0.4, 0.5) is 0 Å². The first-order valence-corrected chi connectivity index (χ1v) is 6.92. The largest absolute Gasteiger partial charge is 0.497 e. The van der Waals surface area contributed by atoms with Crippen molar-refractivity contribution in [2.75, 3.05) is 40.0 Å². The lowest BCUT2D eigenvalue weighted by atomic mass is 10.3. The zero-order chi connectivity index (χ0) is 13.8. The molecule has 1 rings (SSSR count). The summed E-state index contributed by atoms with van der Waals surface area (Å²) in [4.78, 5) is 0. The predicted molar refractivity (Wildman–Crippen MR) is 77.1 cm³/mol. The quantitative estimate of drug-likeness (QED) is 0.625. The van der Waals surface area contributed by atoms with Crippen molar-refractivity contribution < 1.29 is 14.2 Å². The van der Waals surface area contributed by atoms with E-state index in [4.69, 9.17) is 14.2 Å². The number of benzene rings is 1. The Balaban J connectivity index is 1.95. The summed E-state index contributed by atoms with van der Waals surface area (Å²) < 4.78 is 16.1. The minimum Gasteiger partial charge on any atom is -0.497 e. The fourth-order valence-electron chi connectivity index (χ4n) is 1.56. The second kappa shape index (κ2) is 10.6. The van der Waals surface area contributed by atoms with E-state index >= 15 is 0 Å². The minimum atomic E-state index is 0.571. The molecule has 4 nitrogen and oxygen atoms in total. The molecule has 0 bridgehead atoms. The van der Waals surface area contributed by atoms with Crippen LogP contribution < -0.4 is 14.8 Å². The SMILES string of the molecule is CCCCNCCOCCOc1ccc(OC)cc1. The first-order chi connectivity index (χ1) is 9.36. The normalized spacial score (nSPS) is 10.4. The molecule has 0 aliphatic heterocycles. The van der Waals surface area contributed by atoms with E-state index in [2.05, 4.69) is 12.2 Å². The number of nitrogens with one attached hydrogen (secondary N) is 1. The maximum atomic E-state index is 5.55. The van der Waals surface area contributed by atoms with Gasteiger partial charge in [0.2, 0.25) is 0 Å². The van der Waals surface area contributed by atoms with Crippen LogP contribution in [0.15, 0.2) is 24.3 Å². The lowest BCUT2D eigenvalue weighted by molar-refractivity contribution is 0.102. The molecular formula is C15H25NO3. The van der Waals surface area contributed by atoms with Gasteiger partial charge in [0, 0.05) is 6.54 Å². The van der Waals surface area contributed by atoms with Crippen molar-refractivity contribution in [3.63, 3.8) is 0 Å². The Kier molecular flexibility index (Phi) is 8.85. The Morgan fingerprint density at radius 2 is 1.68 bits per heavy atom. The fourth-order valence-corrected chi connectivity index (χ4v) is 1.56. The van der Waals surface area contributed by atoms with Gasteiger partial charge in [0.1, 0.15) is 18.1 Å². The summed E-state index contributed by atoms with van der Waals surface area (Å²) >= 11 is 0. The van der Waals surface area contributed by atoms with Crippen LogP contribution >= 0.6 is 0 Å². The van der Waals surface area contributed by atoms with Gasteiger partial charge in [0.15, 0.2) is 0 Å². The first kappa shape index (κ1) is 15.8. The van der Waals surface area contributed by atoms with Gasteiger partial charge in [-0.3, -0.25) is 0 Å². The third-order valence-corrected chi connectivity index (χ3v) is 2.69. The maximum absolute atomic E-state index is 5.55. The molecule has 0 aliphatic carbocycles. The average molecular weight is 267 g/mol. The minimum absolute atomic E-state index is 0.571. The Morgan fingerprint density at radius 3 is 2.37 bits per heavy atom. The third kappa shape index (κ3) is 7.70. The van der Waals surface area contributed by atoms with Crippen LogP contribution in [0.2, 0.25) is 0 Å². The highest BCUT2D eigenvalue weighted by atomic mass is 16.5. The molecule has 0 spiro atoms. The average Bonchev–Trinajstić information content (AvgIpc) is 2.46. The number of hydrogen-bond donors (Lipinski definition) is 1. The van der Waals surface area contributed by atoms with Gasteiger partial charge in [-0.15, -0.1) is 0 Å². The van der Waals surface area contributed by atoms with Crippen LogP contribution in [-0.4, -0.2) is 40.0 Å². The molecule has 19 heavy (non-hydrogen) atoms. The van der Waals surface area contributed by atoms with Gasteiger partial charge < -0.3 is 19.5 Å². The molecule has 0 atom stereocenters. The zero-order valence-corrected chi connectivity index (χ0v) is 12.0. The standard InChI is InChI=1S/C15H25NO3/c1-3-4-9-16-10-11-18-12-13-19-15-7-5-14(17-2)6-8-15/h5-8,16H,3-4,9-13H2,1-2H3. The van der Waals surface area contributed by atoms with E-state index in [1.807, 2.05) is 24.3 Å². The second-order valence-corrected chi connectivity index (χ2v) is 4.24. The van der Waals surface area contributed by atoms with E-state index < -0.39 is 0 Å². The predicted octanol–water partition coefficient (Wildman–Crippen LogP) is 2.48. The van der Waals surface area contributed by atoms with Gasteiger partial charge in [0.25, 0.3) is 0 Å². The Morgan fingerprint density at radius 1 is 0.947 bits per heavy atom. The topological polar surface area (TPSA) is 39.7 Å². The molecule has 4 heteroatoms. The van der Waals surface area contributed by atoms with Gasteiger partial charge in [-0.05, 0) is 37.2 Å². The highest BCUT2D eigenvalue weighted by Gasteiger charge is 1.95. The molecule has 0 fully saturated rings. The Hall–Kier alpha value is -1.26. The molecule has 1 aromatic carbocycles. The zero-order valence-electron chi connectivity index (χ0n) is 12.0. The highest BCUT2D eigenvalue weighted by Crippen LogP contribution is 2.16. The molecule has 1 N–H and O–H groups in total. The Bertz CT molecular complexity index is 314. The molecule has 0 aliphatic rings. The summed E-state index contributed by atoms with van der Waals surface area (Å²) in [6.45, 7) is 6.08. The molecule has 0 unspecified atom stereocenters. The van der Waals surface area contributed by atoms with Gasteiger partial charge in [-0.25, -0.2) is 0 Å². The molecule has 0 saturated heterocycles. The molecule has 1 aromatic rings. The number of hydrogen-bond acceptors (Lipinski definition) is 4. The maximum Gasteiger partial charge on any atom is 0.119 e. The van der Waals surface area contributed by atoms with Crippen molar-refractivity contribution in [3.8, 4) is 11.5 Å². The second-order valence-electron chi connectivity index (χ2n) is 4.24. The van der Waals surface area contributed by atoms with E-state index in [0.717, 1.165) is 31.2 Å². The van der Waals surface area contributed by atoms with Crippen LogP contribution in [0.3, 0.4) is 0 Å². The third-order valence-electron chi connectivity index (χ3n) is 2.69. The fraction of sp³-hybridized carbons (Fsp3) is 0.600. The van der Waals surface area contributed by atoms with E-state index in [1.54, 1.807) is 7.11 Å². The lowest BCUT2D eigenvalue weighted by Gasteiger charge is -2.08. The number of methoxy groups -OCH3 is 1. The smallest absolute Gasteiger partial charge is 0.119 e. The summed E-state index contributed by atoms with van der Waals surface area (Å²) in [6, 6.07) is 7.55. The van der Waals surface area contributed by atoms with Crippen LogP contribution in [0.25, 0.3) is 0 Å². The monoisotopic (exact) mass is 267 g/mol. The molecule has 0 heterocycles. The molecule has 108 valence electrons. The summed E-state index contributed by atoms with van der Waals surface area (Å²) in [7, 11) is 1.65. The molecular weight excluding hydrogens is 242 g/mol. The summed E-state index contributed by atoms with van der Waals surface area (Å²) in [5, 5.41) is 3.33. The van der Waals surface area contributed by atoms with Crippen LogP contribution in [0.1, 0.15) is 19.8 Å². The highest BCUT2D eigenvalue weighted by molar-refractivity contribution is 5.31. The van der Waals surface area contributed by atoms with Gasteiger partial charge in [-0.2, -0.15) is 0 Å². The van der Waals surface area contributed by atoms with Crippen molar-refractivity contribution >= 4 is 0 Å². The van der Waals surface area contributed by atoms with E-state index in [0.29, 0.717) is 13.2 Å². The molecule has 0 saturated carbocycles. The lowest BCUT2D eigenvalue weighted by Crippen LogP contribution is -2.21. The number of unbranched alkanes of at least 4 members (excludes halogenated alkanes) is 1. The summed E-state index contributed by atoms with van der Waals surface area (Å²) in [5.41, 5.74) is 0. The van der Waals surface area contributed by atoms with Crippen molar-refractivity contribution in [1.29, 1.82) is 0 Å². The summed E-state index contributed by atoms with van der Waals surface area (Å²) in [6.07, 6.45) is 2.45. The summed E-state index contributed by atoms with van der Waals surface area (Å²) in [5.74, 6) is 1.67. The van der Waals surface area contributed by atoms with Gasteiger partial charge in [0.05, 0.1) is 20.3 Å². The Labute approximate surface area is 116 Å². The first-order valence-electron chi connectivity index (χ1n) is 6.92. The van der Waals surface area contributed by atoms with Crippen molar-refractivity contribution in [3.05, 3.63) is 24.3 Å². The number of ether oxygens (including phenoxy) is 3. The van der Waals surface area contributed by atoms with Crippen molar-refractivity contribution in [2.45, 2.75) is 19.8 Å². The van der Waals surface area contributed by atoms with E-state index in [-0.39, 0.29) is 0 Å². The van der Waals surface area contributed by atoms with Crippen molar-refractivity contribution in [2.24, 2.45) is 0 Å². The molecule has 0 amide bonds. The van der Waals surface area contributed by atoms with Crippen LogP contribution in [0, 0.1) is 0 Å². The van der Waals surface area contributed by atoms with Crippen LogP contribution in [-0.2, 0) is 4.74 Å². The number of rotatable bonds is 11. The molecule has 0 aromatic heterocycles. The van der Waals surface area contributed by atoms with E-state index in [9.17, 15) is 0 Å². The molecule has 0 radical (unpaired) electrons. The van der Waals surface area contributed by atoms with Crippen molar-refractivity contribution in [1.82, 2.24) is 5.32 Å². The van der Waals surface area contributed by atoms with Gasteiger partial charge >= 0.3 is 0 Å².